The maximum Gasteiger partial charge on any atom is 0.150 e. The van der Waals surface area contributed by atoms with Gasteiger partial charge in [-0.05, 0) is 37.1 Å². The van der Waals surface area contributed by atoms with Crippen LogP contribution in [-0.2, 0) is 0 Å². The fourth-order valence-electron chi connectivity index (χ4n) is 4.59. The Morgan fingerprint density at radius 2 is 1.94 bits per heavy atom. The molecular formula is C26H31N5O3. The van der Waals surface area contributed by atoms with Gasteiger partial charge < -0.3 is 30.6 Å². The molecule has 0 aliphatic carbocycles. The molecule has 0 bridgehead atoms. The lowest BCUT2D eigenvalue weighted by Crippen LogP contribution is -2.40. The van der Waals surface area contributed by atoms with Crippen LogP contribution in [0.15, 0.2) is 54.9 Å². The first-order chi connectivity index (χ1) is 16.5. The zero-order valence-corrected chi connectivity index (χ0v) is 19.3. The second kappa shape index (κ2) is 9.21. The molecule has 34 heavy (non-hydrogen) atoms. The van der Waals surface area contributed by atoms with E-state index in [1.807, 2.05) is 42.5 Å². The van der Waals surface area contributed by atoms with Crippen molar-refractivity contribution in [2.45, 2.75) is 31.9 Å². The summed E-state index contributed by atoms with van der Waals surface area (Å²) in [5, 5.41) is 21.5. The molecule has 1 saturated heterocycles. The number of nitrogens with zero attached hydrogens (tertiary/aromatic N) is 3. The molecule has 0 saturated carbocycles. The van der Waals surface area contributed by atoms with E-state index in [9.17, 15) is 10.2 Å². The maximum absolute atomic E-state index is 10.2. The highest BCUT2D eigenvalue weighted by Gasteiger charge is 2.38. The molecule has 0 radical (unpaired) electrons. The first-order valence-corrected chi connectivity index (χ1v) is 11.7. The van der Waals surface area contributed by atoms with Crippen molar-refractivity contribution in [3.05, 3.63) is 60.6 Å². The molecule has 5 N–H and O–H groups in total. The molecule has 4 aromatic rings. The highest BCUT2D eigenvalue weighted by molar-refractivity contribution is 5.91. The molecular weight excluding hydrogens is 430 g/mol. The normalized spacial score (nSPS) is 16.3. The molecule has 0 amide bonds. The minimum atomic E-state index is -0.948. The van der Waals surface area contributed by atoms with E-state index in [1.165, 1.54) is 0 Å². The first-order valence-electron chi connectivity index (χ1n) is 11.7. The highest BCUT2D eigenvalue weighted by Crippen LogP contribution is 2.38. The van der Waals surface area contributed by atoms with Crippen LogP contribution in [0.4, 0.5) is 5.69 Å². The van der Waals surface area contributed by atoms with Crippen molar-refractivity contribution in [2.24, 2.45) is 11.1 Å². The Kier molecular flexibility index (Phi) is 6.12. The average molecular weight is 462 g/mol. The van der Waals surface area contributed by atoms with Crippen molar-refractivity contribution in [1.29, 1.82) is 0 Å². The van der Waals surface area contributed by atoms with Gasteiger partial charge in [0.25, 0.3) is 0 Å². The molecule has 0 spiro atoms. The summed E-state index contributed by atoms with van der Waals surface area (Å²) in [7, 11) is 0. The molecule has 1 aliphatic rings. The molecule has 5 rings (SSSR count). The lowest BCUT2D eigenvalue weighted by atomic mass is 9.83. The van der Waals surface area contributed by atoms with E-state index in [2.05, 4.69) is 20.9 Å². The van der Waals surface area contributed by atoms with Gasteiger partial charge in [-0.2, -0.15) is 0 Å². The van der Waals surface area contributed by atoms with Crippen molar-refractivity contribution in [3.63, 3.8) is 0 Å². The van der Waals surface area contributed by atoms with E-state index in [0.717, 1.165) is 53.6 Å². The van der Waals surface area contributed by atoms with E-state index in [4.69, 9.17) is 15.5 Å². The van der Waals surface area contributed by atoms with Gasteiger partial charge in [-0.15, -0.1) is 0 Å². The topological polar surface area (TPSA) is 121 Å². The number of H-pyrrole nitrogens is 1. The van der Waals surface area contributed by atoms with E-state index in [0.29, 0.717) is 11.4 Å². The number of imidazole rings is 1. The third-order valence-electron chi connectivity index (χ3n) is 6.87. The smallest absolute Gasteiger partial charge is 0.150 e. The van der Waals surface area contributed by atoms with Crippen LogP contribution >= 0.6 is 0 Å². The van der Waals surface area contributed by atoms with Crippen LogP contribution in [0.1, 0.15) is 31.6 Å². The number of para-hydroxylation sites is 1. The van der Waals surface area contributed by atoms with Crippen LogP contribution in [0.3, 0.4) is 0 Å². The summed E-state index contributed by atoms with van der Waals surface area (Å²) < 4.78 is 6.41. The number of hydrogen-bond acceptors (Lipinski definition) is 7. The Labute approximate surface area is 198 Å². The number of hydrogen-bond donors (Lipinski definition) is 4. The van der Waals surface area contributed by atoms with Crippen molar-refractivity contribution >= 4 is 27.6 Å². The van der Waals surface area contributed by atoms with Crippen LogP contribution < -0.4 is 15.4 Å². The molecule has 178 valence electrons. The SMILES string of the molecule is CC(CO)(CO)C(Oc1ccc2nc[nH]c2c1)c1ccc2cccc(N3CCC(N)CC3)c2n1. The summed E-state index contributed by atoms with van der Waals surface area (Å²) in [5.41, 5.74) is 9.46. The second-order valence-corrected chi connectivity index (χ2v) is 9.46. The number of benzene rings is 2. The summed E-state index contributed by atoms with van der Waals surface area (Å²) >= 11 is 0. The van der Waals surface area contributed by atoms with Crippen LogP contribution in [0.25, 0.3) is 21.9 Å². The number of pyridine rings is 1. The zero-order chi connectivity index (χ0) is 23.7. The molecule has 1 fully saturated rings. The first kappa shape index (κ1) is 22.6. The van der Waals surface area contributed by atoms with E-state index < -0.39 is 11.5 Å². The second-order valence-electron chi connectivity index (χ2n) is 9.46. The van der Waals surface area contributed by atoms with Gasteiger partial charge in [0, 0.05) is 30.6 Å². The summed E-state index contributed by atoms with van der Waals surface area (Å²) in [6.07, 6.45) is 2.86. The number of aromatic amines is 1. The summed E-state index contributed by atoms with van der Waals surface area (Å²) in [6.45, 7) is 3.07. The van der Waals surface area contributed by atoms with Crippen molar-refractivity contribution in [3.8, 4) is 5.75 Å². The summed E-state index contributed by atoms with van der Waals surface area (Å²) in [4.78, 5) is 14.7. The van der Waals surface area contributed by atoms with Crippen molar-refractivity contribution in [2.75, 3.05) is 31.2 Å². The molecule has 8 nitrogen and oxygen atoms in total. The van der Waals surface area contributed by atoms with E-state index in [1.54, 1.807) is 13.3 Å². The van der Waals surface area contributed by atoms with E-state index >= 15 is 0 Å². The number of ether oxygens (including phenoxy) is 1. The minimum Gasteiger partial charge on any atom is -0.483 e. The Hall–Kier alpha value is -3.20. The third kappa shape index (κ3) is 4.20. The number of anilines is 1. The van der Waals surface area contributed by atoms with Gasteiger partial charge >= 0.3 is 0 Å². The number of nitrogens with two attached hydrogens (primary N) is 1. The molecule has 3 heterocycles. The van der Waals surface area contributed by atoms with Gasteiger partial charge in [-0.3, -0.25) is 0 Å². The molecule has 1 atom stereocenters. The number of aliphatic hydroxyl groups excluding tert-OH is 2. The zero-order valence-electron chi connectivity index (χ0n) is 19.3. The molecule has 8 heteroatoms. The molecule has 2 aromatic heterocycles. The highest BCUT2D eigenvalue weighted by atomic mass is 16.5. The number of nitrogens with one attached hydrogen (secondary N) is 1. The predicted octanol–water partition coefficient (Wildman–Crippen LogP) is 3.15. The van der Waals surface area contributed by atoms with Crippen LogP contribution in [0.5, 0.6) is 5.75 Å². The van der Waals surface area contributed by atoms with Crippen molar-refractivity contribution in [1.82, 2.24) is 15.0 Å². The maximum atomic E-state index is 10.2. The number of aromatic nitrogens is 3. The van der Waals surface area contributed by atoms with Crippen molar-refractivity contribution < 1.29 is 14.9 Å². The van der Waals surface area contributed by atoms with Gasteiger partial charge in [0.2, 0.25) is 0 Å². The van der Waals surface area contributed by atoms with Gasteiger partial charge in [0.15, 0.2) is 6.10 Å². The number of fused-ring (bicyclic) bond motifs is 2. The Morgan fingerprint density at radius 3 is 2.71 bits per heavy atom. The van der Waals surface area contributed by atoms with Crippen LogP contribution in [0.2, 0.25) is 0 Å². The Balaban J connectivity index is 1.56. The van der Waals surface area contributed by atoms with Gasteiger partial charge in [0.1, 0.15) is 5.75 Å². The van der Waals surface area contributed by atoms with Crippen LogP contribution in [-0.4, -0.2) is 57.5 Å². The fourth-order valence-corrected chi connectivity index (χ4v) is 4.59. The Morgan fingerprint density at radius 1 is 1.15 bits per heavy atom. The number of piperidine rings is 1. The standard InChI is InChI=1S/C26H31N5O3/c1-26(14-32,15-33)25(34-19-6-8-20-22(13-19)29-16-28-20)21-7-5-17-3-2-4-23(24(17)30-21)31-11-9-18(27)10-12-31/h2-8,13,16,18,25,32-33H,9-12,14-15,27H2,1H3,(H,28,29). The third-order valence-corrected chi connectivity index (χ3v) is 6.87. The van der Waals surface area contributed by atoms with Crippen LogP contribution in [0, 0.1) is 5.41 Å². The Bertz CT molecular complexity index is 1280. The lowest BCUT2D eigenvalue weighted by molar-refractivity contribution is -0.0307. The number of rotatable bonds is 7. The van der Waals surface area contributed by atoms with E-state index in [-0.39, 0.29) is 19.3 Å². The largest absolute Gasteiger partial charge is 0.483 e. The predicted molar refractivity (Wildman–Crippen MR) is 133 cm³/mol. The summed E-state index contributed by atoms with van der Waals surface area (Å²) in [5.74, 6) is 0.607. The quantitative estimate of drug-likeness (QED) is 0.334. The molecule has 1 unspecified atom stereocenters. The molecule has 1 aliphatic heterocycles. The van der Waals surface area contributed by atoms with Gasteiger partial charge in [-0.1, -0.05) is 25.1 Å². The molecule has 2 aromatic carbocycles. The van der Waals surface area contributed by atoms with Gasteiger partial charge in [-0.25, -0.2) is 9.97 Å². The minimum absolute atomic E-state index is 0.245. The fraction of sp³-hybridized carbons (Fsp3) is 0.385. The average Bonchev–Trinajstić information content (AvgIpc) is 3.35. The monoisotopic (exact) mass is 461 g/mol. The van der Waals surface area contributed by atoms with Gasteiger partial charge in [0.05, 0.1) is 52.9 Å². The number of aliphatic hydroxyl groups is 2. The summed E-state index contributed by atoms with van der Waals surface area (Å²) in [6, 6.07) is 16.0. The lowest BCUT2D eigenvalue weighted by Gasteiger charge is -2.35.